The minimum atomic E-state index is -0.587. The van der Waals surface area contributed by atoms with E-state index in [0.717, 1.165) is 23.2 Å². The predicted molar refractivity (Wildman–Crippen MR) is 152 cm³/mol. The smallest absolute Gasteiger partial charge is 0.411 e. The number of nitrogens with one attached hydrogen (secondary N) is 1. The summed E-state index contributed by atoms with van der Waals surface area (Å²) in [6.45, 7) is 8.77. The molecule has 1 amide bonds. The van der Waals surface area contributed by atoms with Gasteiger partial charge in [0.05, 0.1) is 18.8 Å². The van der Waals surface area contributed by atoms with Gasteiger partial charge in [0.15, 0.2) is 6.29 Å². The van der Waals surface area contributed by atoms with Crippen LogP contribution < -0.4 is 5.32 Å². The third kappa shape index (κ3) is 7.34. The topological polar surface area (TPSA) is 80.3 Å². The normalized spacial score (nSPS) is 21.8. The molecule has 0 unspecified atom stereocenters. The molecular formula is C32H38N2O5. The van der Waals surface area contributed by atoms with E-state index in [4.69, 9.17) is 14.2 Å². The van der Waals surface area contributed by atoms with Gasteiger partial charge in [-0.1, -0.05) is 86.3 Å². The van der Waals surface area contributed by atoms with Gasteiger partial charge >= 0.3 is 6.09 Å². The molecule has 0 aromatic heterocycles. The molecule has 206 valence electrons. The number of aliphatic hydroxyl groups excluding tert-OH is 1. The number of anilines is 1. The molecule has 0 saturated carbocycles. The molecule has 0 bridgehead atoms. The number of aliphatic hydroxyl groups is 1. The zero-order valence-electron chi connectivity index (χ0n) is 22.8. The summed E-state index contributed by atoms with van der Waals surface area (Å²) in [4.78, 5) is 14.2. The summed E-state index contributed by atoms with van der Waals surface area (Å²) in [6.07, 6.45) is 0.0891. The molecule has 0 radical (unpaired) electrons. The highest BCUT2D eigenvalue weighted by atomic mass is 16.7. The average Bonchev–Trinajstić information content (AvgIpc) is 2.97. The molecule has 1 saturated heterocycles. The Morgan fingerprint density at radius 1 is 1.05 bits per heavy atom. The summed E-state index contributed by atoms with van der Waals surface area (Å²) in [5.74, 6) is 0.0761. The van der Waals surface area contributed by atoms with Gasteiger partial charge in [-0.05, 0) is 42.8 Å². The van der Waals surface area contributed by atoms with Crippen LogP contribution in [0.2, 0.25) is 0 Å². The van der Waals surface area contributed by atoms with Gasteiger partial charge in [0.25, 0.3) is 0 Å². The third-order valence-electron chi connectivity index (χ3n) is 7.30. The summed E-state index contributed by atoms with van der Waals surface area (Å²) in [5.41, 5.74) is 4.62. The Kier molecular flexibility index (Phi) is 9.90. The Bertz CT molecular complexity index is 1200. The monoisotopic (exact) mass is 530 g/mol. The Balaban J connectivity index is 1.54. The van der Waals surface area contributed by atoms with Crippen LogP contribution >= 0.6 is 0 Å². The van der Waals surface area contributed by atoms with Crippen molar-refractivity contribution in [1.29, 1.82) is 0 Å². The number of rotatable bonds is 10. The molecule has 1 aliphatic rings. The molecule has 39 heavy (non-hydrogen) atoms. The van der Waals surface area contributed by atoms with E-state index in [1.54, 1.807) is 12.1 Å². The van der Waals surface area contributed by atoms with Crippen LogP contribution in [0.15, 0.2) is 91.5 Å². The molecular weight excluding hydrogens is 492 g/mol. The van der Waals surface area contributed by atoms with Gasteiger partial charge in [-0.3, -0.25) is 10.2 Å². The number of benzene rings is 3. The van der Waals surface area contributed by atoms with Gasteiger partial charge in [-0.2, -0.15) is 0 Å². The van der Waals surface area contributed by atoms with Crippen LogP contribution in [-0.4, -0.2) is 42.4 Å². The largest absolute Gasteiger partial charge is 0.445 e. The molecule has 4 rings (SSSR count). The van der Waals surface area contributed by atoms with Crippen LogP contribution in [0.3, 0.4) is 0 Å². The fourth-order valence-corrected chi connectivity index (χ4v) is 4.77. The van der Waals surface area contributed by atoms with Crippen molar-refractivity contribution in [3.8, 4) is 0 Å². The van der Waals surface area contributed by atoms with Crippen LogP contribution in [0.1, 0.15) is 54.5 Å². The molecule has 3 aromatic rings. The van der Waals surface area contributed by atoms with Crippen molar-refractivity contribution in [2.75, 3.05) is 25.5 Å². The predicted octanol–water partition coefficient (Wildman–Crippen LogP) is 6.40. The van der Waals surface area contributed by atoms with E-state index >= 15 is 0 Å². The Hall–Kier alpha value is -3.49. The molecule has 0 aliphatic carbocycles. The van der Waals surface area contributed by atoms with Crippen molar-refractivity contribution < 1.29 is 24.1 Å². The molecule has 7 nitrogen and oxygen atoms in total. The van der Waals surface area contributed by atoms with Gasteiger partial charge in [0, 0.05) is 29.8 Å². The second-order valence-corrected chi connectivity index (χ2v) is 9.98. The fourth-order valence-electron chi connectivity index (χ4n) is 4.77. The first-order valence-electron chi connectivity index (χ1n) is 13.3. The van der Waals surface area contributed by atoms with Crippen LogP contribution in [0, 0.1) is 5.92 Å². The lowest BCUT2D eigenvalue weighted by atomic mass is 9.89. The first-order chi connectivity index (χ1) is 18.9. The maximum Gasteiger partial charge on any atom is 0.411 e. The molecule has 0 spiro atoms. The van der Waals surface area contributed by atoms with Crippen molar-refractivity contribution in [1.82, 2.24) is 4.90 Å². The number of ether oxygens (including phenoxy) is 3. The van der Waals surface area contributed by atoms with Crippen molar-refractivity contribution >= 4 is 11.8 Å². The summed E-state index contributed by atoms with van der Waals surface area (Å²) in [6, 6.07) is 26.0. The number of hydrogen-bond acceptors (Lipinski definition) is 6. The van der Waals surface area contributed by atoms with Gasteiger partial charge in [-0.15, -0.1) is 0 Å². The maximum absolute atomic E-state index is 11.9. The Morgan fingerprint density at radius 2 is 1.72 bits per heavy atom. The SMILES string of the molecule is C=CCOC(=O)Nc1ccc([C@H]2O[C@@H](CN(C)[C@@H](C)c3ccccc3)[C@@H](C)[C@@H](c3ccc(CO)cc3)O2)cc1. The Morgan fingerprint density at radius 3 is 2.36 bits per heavy atom. The van der Waals surface area contributed by atoms with Crippen LogP contribution in [0.5, 0.6) is 0 Å². The van der Waals surface area contributed by atoms with Crippen molar-refractivity contribution in [2.45, 2.75) is 45.0 Å². The summed E-state index contributed by atoms with van der Waals surface area (Å²) in [7, 11) is 2.12. The number of nitrogens with zero attached hydrogens (tertiary/aromatic N) is 1. The van der Waals surface area contributed by atoms with Crippen molar-refractivity contribution in [2.24, 2.45) is 5.92 Å². The van der Waals surface area contributed by atoms with E-state index in [-0.39, 0.29) is 37.4 Å². The Labute approximate surface area is 231 Å². The zero-order chi connectivity index (χ0) is 27.8. The van der Waals surface area contributed by atoms with E-state index in [0.29, 0.717) is 5.69 Å². The summed E-state index contributed by atoms with van der Waals surface area (Å²) < 4.78 is 18.1. The van der Waals surface area contributed by atoms with Crippen LogP contribution in [0.4, 0.5) is 10.5 Å². The number of carbonyl (C=O) groups is 1. The van der Waals surface area contributed by atoms with Crippen molar-refractivity contribution in [3.05, 3.63) is 114 Å². The second-order valence-electron chi connectivity index (χ2n) is 9.98. The maximum atomic E-state index is 11.9. The van der Waals surface area contributed by atoms with Crippen LogP contribution in [-0.2, 0) is 20.8 Å². The van der Waals surface area contributed by atoms with E-state index in [2.05, 4.69) is 62.0 Å². The zero-order valence-corrected chi connectivity index (χ0v) is 22.8. The molecule has 1 aliphatic heterocycles. The molecule has 2 N–H and O–H groups in total. The number of amides is 1. The number of carbonyl (C=O) groups excluding carboxylic acids is 1. The minimum Gasteiger partial charge on any atom is -0.445 e. The van der Waals surface area contributed by atoms with Gasteiger partial charge in [-0.25, -0.2) is 4.79 Å². The highest BCUT2D eigenvalue weighted by molar-refractivity contribution is 5.84. The quantitative estimate of drug-likeness (QED) is 0.295. The number of likely N-dealkylation sites (N-methyl/N-ethyl adjacent to an activating group) is 1. The first kappa shape index (κ1) is 28.5. The van der Waals surface area contributed by atoms with Gasteiger partial charge < -0.3 is 19.3 Å². The van der Waals surface area contributed by atoms with Crippen molar-refractivity contribution in [3.63, 3.8) is 0 Å². The lowest BCUT2D eigenvalue weighted by Crippen LogP contribution is -2.44. The number of hydrogen-bond donors (Lipinski definition) is 2. The molecule has 5 atom stereocenters. The average molecular weight is 531 g/mol. The lowest BCUT2D eigenvalue weighted by molar-refractivity contribution is -0.276. The molecule has 3 aromatic carbocycles. The van der Waals surface area contributed by atoms with E-state index in [9.17, 15) is 9.90 Å². The highest BCUT2D eigenvalue weighted by Gasteiger charge is 2.39. The first-order valence-corrected chi connectivity index (χ1v) is 13.3. The van der Waals surface area contributed by atoms with Crippen LogP contribution in [0.25, 0.3) is 0 Å². The molecule has 1 fully saturated rings. The highest BCUT2D eigenvalue weighted by Crippen LogP contribution is 2.42. The van der Waals surface area contributed by atoms with E-state index < -0.39 is 12.4 Å². The van der Waals surface area contributed by atoms with Gasteiger partial charge in [0.1, 0.15) is 6.61 Å². The standard InChI is InChI=1S/C32H38N2O5/c1-5-19-37-32(36)33-28-17-15-27(16-18-28)31-38-29(20-34(4)23(3)25-9-7-6-8-10-25)22(2)30(39-31)26-13-11-24(21-35)12-14-26/h5-18,22-23,29-31,35H,1,19-21H2,2-4H3,(H,33,36)/t22-,23+,29+,30+,31+/m1/s1. The minimum absolute atomic E-state index is 0.000591. The summed E-state index contributed by atoms with van der Waals surface area (Å²) in [5, 5.41) is 12.2. The summed E-state index contributed by atoms with van der Waals surface area (Å²) >= 11 is 0. The fraction of sp³-hybridized carbons (Fsp3) is 0.344. The molecule has 1 heterocycles. The lowest BCUT2D eigenvalue weighted by Gasteiger charge is -2.43. The van der Waals surface area contributed by atoms with Gasteiger partial charge in [0.2, 0.25) is 0 Å². The second kappa shape index (κ2) is 13.5. The van der Waals surface area contributed by atoms with E-state index in [1.807, 2.05) is 42.5 Å². The third-order valence-corrected chi connectivity index (χ3v) is 7.30. The molecule has 7 heteroatoms. The van der Waals surface area contributed by atoms with E-state index in [1.165, 1.54) is 11.6 Å².